The van der Waals surface area contributed by atoms with Gasteiger partial charge in [-0.1, -0.05) is 6.92 Å². The van der Waals surface area contributed by atoms with Gasteiger partial charge in [-0.15, -0.1) is 0 Å². The van der Waals surface area contributed by atoms with Crippen molar-refractivity contribution in [1.29, 1.82) is 5.26 Å². The highest BCUT2D eigenvalue weighted by atomic mass is 16.5. The zero-order chi connectivity index (χ0) is 14.2. The van der Waals surface area contributed by atoms with Crippen LogP contribution < -0.4 is 4.74 Å². The summed E-state index contributed by atoms with van der Waals surface area (Å²) in [5, 5.41) is 8.72. The van der Waals surface area contributed by atoms with Gasteiger partial charge in [-0.2, -0.15) is 5.26 Å². The van der Waals surface area contributed by atoms with Crippen molar-refractivity contribution >= 4 is 11.9 Å². The molecule has 0 spiro atoms. The summed E-state index contributed by atoms with van der Waals surface area (Å²) in [5.41, 5.74) is 2.48. The lowest BCUT2D eigenvalue weighted by Gasteiger charge is -2.03. The predicted octanol–water partition coefficient (Wildman–Crippen LogP) is 4.10. The van der Waals surface area contributed by atoms with Crippen LogP contribution in [-0.2, 0) is 0 Å². The van der Waals surface area contributed by atoms with E-state index in [1.807, 2.05) is 36.4 Å². The topological polar surface area (TPSA) is 45.4 Å². The maximum Gasteiger partial charge on any atom is 0.119 e. The molecule has 0 heterocycles. The van der Waals surface area contributed by atoms with Crippen molar-refractivity contribution in [3.63, 3.8) is 0 Å². The number of benzene rings is 2. The smallest absolute Gasteiger partial charge is 0.119 e. The second-order valence-corrected chi connectivity index (χ2v) is 4.33. The van der Waals surface area contributed by atoms with Gasteiger partial charge in [0.2, 0.25) is 0 Å². The van der Waals surface area contributed by atoms with Crippen LogP contribution in [0.15, 0.2) is 53.5 Å². The van der Waals surface area contributed by atoms with Crippen LogP contribution in [-0.4, -0.2) is 12.8 Å². The van der Waals surface area contributed by atoms with Crippen LogP contribution in [0.1, 0.15) is 24.5 Å². The molecular formula is C17H16N2O. The maximum absolute atomic E-state index is 8.72. The zero-order valence-corrected chi connectivity index (χ0v) is 11.4. The quantitative estimate of drug-likeness (QED) is 0.763. The molecule has 0 saturated carbocycles. The highest BCUT2D eigenvalue weighted by Crippen LogP contribution is 2.14. The lowest BCUT2D eigenvalue weighted by atomic mass is 10.2. The van der Waals surface area contributed by atoms with Crippen molar-refractivity contribution in [2.24, 2.45) is 4.99 Å². The summed E-state index contributed by atoms with van der Waals surface area (Å²) >= 11 is 0. The normalized spacial score (nSPS) is 10.4. The summed E-state index contributed by atoms with van der Waals surface area (Å²) in [5.74, 6) is 0.877. The third-order valence-corrected chi connectivity index (χ3v) is 2.71. The number of rotatable bonds is 5. The van der Waals surface area contributed by atoms with Crippen molar-refractivity contribution in [2.45, 2.75) is 13.3 Å². The first-order valence-corrected chi connectivity index (χ1v) is 6.59. The van der Waals surface area contributed by atoms with E-state index < -0.39 is 0 Å². The second-order valence-electron chi connectivity index (χ2n) is 4.33. The Balaban J connectivity index is 2.01. The summed E-state index contributed by atoms with van der Waals surface area (Å²) in [6.45, 7) is 2.82. The van der Waals surface area contributed by atoms with Gasteiger partial charge in [-0.3, -0.25) is 4.99 Å². The molecule has 2 rings (SSSR count). The van der Waals surface area contributed by atoms with Gasteiger partial charge in [0.1, 0.15) is 5.75 Å². The van der Waals surface area contributed by atoms with Crippen molar-refractivity contribution in [3.05, 3.63) is 59.7 Å². The van der Waals surface area contributed by atoms with Crippen LogP contribution in [0.2, 0.25) is 0 Å². The number of aliphatic imine (C=N–C) groups is 1. The fraction of sp³-hybridized carbons (Fsp3) is 0.176. The average molecular weight is 264 g/mol. The van der Waals surface area contributed by atoms with Crippen LogP contribution in [0.5, 0.6) is 5.75 Å². The highest BCUT2D eigenvalue weighted by Gasteiger charge is 1.94. The molecule has 3 heteroatoms. The van der Waals surface area contributed by atoms with Gasteiger partial charge in [-0.05, 0) is 60.5 Å². The fourth-order valence-corrected chi connectivity index (χ4v) is 1.64. The predicted molar refractivity (Wildman–Crippen MR) is 80.6 cm³/mol. The molecule has 0 aliphatic carbocycles. The van der Waals surface area contributed by atoms with Crippen LogP contribution in [0.25, 0.3) is 0 Å². The van der Waals surface area contributed by atoms with Crippen LogP contribution in [0.4, 0.5) is 5.69 Å². The van der Waals surface area contributed by atoms with Gasteiger partial charge in [0.25, 0.3) is 0 Å². The minimum absolute atomic E-state index is 0.640. The number of hydrogen-bond acceptors (Lipinski definition) is 3. The van der Waals surface area contributed by atoms with Crippen molar-refractivity contribution in [3.8, 4) is 11.8 Å². The summed E-state index contributed by atoms with van der Waals surface area (Å²) in [6, 6.07) is 17.1. The SMILES string of the molecule is CCCOc1ccc(C=Nc2ccc(C#N)cc2)cc1. The number of hydrogen-bond donors (Lipinski definition) is 0. The minimum Gasteiger partial charge on any atom is -0.494 e. The molecule has 0 aliphatic heterocycles. The van der Waals surface area contributed by atoms with E-state index in [0.717, 1.165) is 30.0 Å². The van der Waals surface area contributed by atoms with Crippen molar-refractivity contribution in [2.75, 3.05) is 6.61 Å². The lowest BCUT2D eigenvalue weighted by Crippen LogP contribution is -1.94. The Hall–Kier alpha value is -2.60. The Bertz CT molecular complexity index is 607. The second kappa shape index (κ2) is 7.10. The van der Waals surface area contributed by atoms with E-state index >= 15 is 0 Å². The Morgan fingerprint density at radius 1 is 1.10 bits per heavy atom. The van der Waals surface area contributed by atoms with Gasteiger partial charge in [-0.25, -0.2) is 0 Å². The highest BCUT2D eigenvalue weighted by molar-refractivity contribution is 5.82. The molecule has 0 aromatic heterocycles. The molecule has 0 saturated heterocycles. The van der Waals surface area contributed by atoms with Crippen LogP contribution >= 0.6 is 0 Å². The lowest BCUT2D eigenvalue weighted by molar-refractivity contribution is 0.317. The Morgan fingerprint density at radius 3 is 2.40 bits per heavy atom. The standard InChI is InChI=1S/C17H16N2O/c1-2-11-20-17-9-5-15(6-10-17)13-19-16-7-3-14(12-18)4-8-16/h3-10,13H,2,11H2,1H3. The molecular weight excluding hydrogens is 248 g/mol. The van der Waals surface area contributed by atoms with Crippen molar-refractivity contribution in [1.82, 2.24) is 0 Å². The third kappa shape index (κ3) is 3.96. The summed E-state index contributed by atoms with van der Waals surface area (Å²) < 4.78 is 5.52. The van der Waals surface area contributed by atoms with Gasteiger partial charge < -0.3 is 4.74 Å². The van der Waals surface area contributed by atoms with E-state index in [4.69, 9.17) is 10.00 Å². The molecule has 3 nitrogen and oxygen atoms in total. The van der Waals surface area contributed by atoms with E-state index in [1.165, 1.54) is 0 Å². The van der Waals surface area contributed by atoms with Gasteiger partial charge in [0, 0.05) is 6.21 Å². The van der Waals surface area contributed by atoms with Gasteiger partial charge >= 0.3 is 0 Å². The third-order valence-electron chi connectivity index (χ3n) is 2.71. The van der Waals surface area contributed by atoms with Gasteiger partial charge in [0.15, 0.2) is 0 Å². The van der Waals surface area contributed by atoms with E-state index in [0.29, 0.717) is 5.56 Å². The largest absolute Gasteiger partial charge is 0.494 e. The van der Waals surface area contributed by atoms with E-state index in [1.54, 1.807) is 18.3 Å². The number of nitrogens with zero attached hydrogens (tertiary/aromatic N) is 2. The number of ether oxygens (including phenoxy) is 1. The molecule has 0 unspecified atom stereocenters. The molecule has 0 N–H and O–H groups in total. The first kappa shape index (κ1) is 13.8. The summed E-state index contributed by atoms with van der Waals surface area (Å²) in [4.78, 5) is 4.37. The first-order chi connectivity index (χ1) is 9.81. The van der Waals surface area contributed by atoms with Crippen LogP contribution in [0, 0.1) is 11.3 Å². The molecule has 0 amide bonds. The molecule has 0 bridgehead atoms. The summed E-state index contributed by atoms with van der Waals surface area (Å²) in [6.07, 6.45) is 2.80. The molecule has 0 atom stereocenters. The molecule has 0 fully saturated rings. The Kier molecular flexibility index (Phi) is 4.91. The van der Waals surface area contributed by atoms with E-state index in [9.17, 15) is 0 Å². The molecule has 20 heavy (non-hydrogen) atoms. The van der Waals surface area contributed by atoms with Crippen LogP contribution in [0.3, 0.4) is 0 Å². The van der Waals surface area contributed by atoms with E-state index in [-0.39, 0.29) is 0 Å². The fourth-order valence-electron chi connectivity index (χ4n) is 1.64. The van der Waals surface area contributed by atoms with E-state index in [2.05, 4.69) is 18.0 Å². The van der Waals surface area contributed by atoms with Gasteiger partial charge in [0.05, 0.1) is 23.9 Å². The molecule has 0 radical (unpaired) electrons. The Morgan fingerprint density at radius 2 is 1.80 bits per heavy atom. The maximum atomic E-state index is 8.72. The number of nitriles is 1. The average Bonchev–Trinajstić information content (AvgIpc) is 2.52. The zero-order valence-electron chi connectivity index (χ0n) is 11.4. The first-order valence-electron chi connectivity index (χ1n) is 6.59. The Labute approximate surface area is 119 Å². The summed E-state index contributed by atoms with van der Waals surface area (Å²) in [7, 11) is 0. The molecule has 2 aromatic rings. The molecule has 100 valence electrons. The monoisotopic (exact) mass is 264 g/mol. The molecule has 2 aromatic carbocycles. The van der Waals surface area contributed by atoms with Crippen molar-refractivity contribution < 1.29 is 4.74 Å². The minimum atomic E-state index is 0.640. The molecule has 0 aliphatic rings.